The molecule has 1 unspecified atom stereocenters. The molecule has 0 saturated carbocycles. The molecule has 0 aliphatic heterocycles. The number of pyridine rings is 1. The summed E-state index contributed by atoms with van der Waals surface area (Å²) < 4.78 is 0. The summed E-state index contributed by atoms with van der Waals surface area (Å²) in [4.78, 5) is 3.78. The molecule has 0 aliphatic carbocycles. The van der Waals surface area contributed by atoms with Crippen molar-refractivity contribution in [1.82, 2.24) is 4.98 Å². The van der Waals surface area contributed by atoms with Gasteiger partial charge < -0.3 is 5.73 Å². The molecule has 0 spiro atoms. The smallest absolute Gasteiger partial charge is 0.0267 e. The van der Waals surface area contributed by atoms with Gasteiger partial charge in [-0.2, -0.15) is 0 Å². The van der Waals surface area contributed by atoms with Gasteiger partial charge in [0.25, 0.3) is 0 Å². The van der Waals surface area contributed by atoms with E-state index in [9.17, 15) is 0 Å². The van der Waals surface area contributed by atoms with Gasteiger partial charge in [-0.25, -0.2) is 0 Å². The highest BCUT2D eigenvalue weighted by atomic mass is 14.6. The van der Waals surface area contributed by atoms with E-state index >= 15 is 0 Å². The van der Waals surface area contributed by atoms with Crippen LogP contribution in [0.5, 0.6) is 0 Å². The molecule has 0 saturated heterocycles. The molecule has 0 amide bonds. The van der Waals surface area contributed by atoms with Crippen LogP contribution < -0.4 is 5.73 Å². The van der Waals surface area contributed by atoms with E-state index in [1.807, 2.05) is 18.2 Å². The Morgan fingerprint density at radius 1 is 1.13 bits per heavy atom. The first-order valence-electron chi connectivity index (χ1n) is 5.90. The van der Waals surface area contributed by atoms with Crippen LogP contribution in [0.25, 0.3) is 0 Å². The molecule has 1 aromatic rings. The molecular formula is C13H24N2. The van der Waals surface area contributed by atoms with Crippen molar-refractivity contribution in [2.45, 2.75) is 39.5 Å². The summed E-state index contributed by atoms with van der Waals surface area (Å²) in [7, 11) is 0. The molecule has 1 atom stereocenters. The third-order valence-corrected chi connectivity index (χ3v) is 2.44. The Labute approximate surface area is 93.9 Å². The van der Waals surface area contributed by atoms with E-state index in [1.165, 1.54) is 25.7 Å². The standard InChI is InChI=1S/C8H19N.C5H5N/c1-3-5-6-8(4-2)7-9;1-2-4-6-5-3-1/h8H,3-7,9H2,1-2H3;1-5H. The highest BCUT2D eigenvalue weighted by Crippen LogP contribution is 2.09. The van der Waals surface area contributed by atoms with E-state index in [1.54, 1.807) is 12.4 Å². The molecular weight excluding hydrogens is 184 g/mol. The van der Waals surface area contributed by atoms with E-state index in [0.29, 0.717) is 0 Å². The lowest BCUT2D eigenvalue weighted by Crippen LogP contribution is -2.12. The Morgan fingerprint density at radius 2 is 1.80 bits per heavy atom. The first-order valence-corrected chi connectivity index (χ1v) is 5.90. The van der Waals surface area contributed by atoms with Crippen LogP contribution >= 0.6 is 0 Å². The zero-order valence-corrected chi connectivity index (χ0v) is 10.0. The number of hydrogen-bond donors (Lipinski definition) is 1. The third kappa shape index (κ3) is 9.42. The number of unbranched alkanes of at least 4 members (excludes halogenated alkanes) is 1. The van der Waals surface area contributed by atoms with E-state index < -0.39 is 0 Å². The van der Waals surface area contributed by atoms with Gasteiger partial charge in [-0.3, -0.25) is 4.98 Å². The van der Waals surface area contributed by atoms with Crippen LogP contribution in [-0.2, 0) is 0 Å². The van der Waals surface area contributed by atoms with Crippen LogP contribution in [0.3, 0.4) is 0 Å². The lowest BCUT2D eigenvalue weighted by molar-refractivity contribution is 0.461. The summed E-state index contributed by atoms with van der Waals surface area (Å²) in [6.07, 6.45) is 8.71. The fraction of sp³-hybridized carbons (Fsp3) is 0.615. The number of nitrogens with two attached hydrogens (primary N) is 1. The van der Waals surface area contributed by atoms with Crippen molar-refractivity contribution < 1.29 is 0 Å². The normalized spacial score (nSPS) is 11.4. The maximum Gasteiger partial charge on any atom is 0.0267 e. The molecule has 2 N–H and O–H groups in total. The lowest BCUT2D eigenvalue weighted by Gasteiger charge is -2.09. The fourth-order valence-corrected chi connectivity index (χ4v) is 1.29. The van der Waals surface area contributed by atoms with Crippen molar-refractivity contribution in [3.05, 3.63) is 30.6 Å². The second-order valence-corrected chi connectivity index (χ2v) is 3.68. The highest BCUT2D eigenvalue weighted by molar-refractivity contribution is 4.88. The molecule has 2 nitrogen and oxygen atoms in total. The van der Waals surface area contributed by atoms with Gasteiger partial charge in [0.1, 0.15) is 0 Å². The Bertz CT molecular complexity index is 168. The van der Waals surface area contributed by atoms with Gasteiger partial charge >= 0.3 is 0 Å². The topological polar surface area (TPSA) is 38.9 Å². The zero-order chi connectivity index (χ0) is 11.4. The van der Waals surface area contributed by atoms with Gasteiger partial charge in [0.05, 0.1) is 0 Å². The largest absolute Gasteiger partial charge is 0.330 e. The molecule has 0 aromatic carbocycles. The van der Waals surface area contributed by atoms with Crippen LogP contribution in [0.4, 0.5) is 0 Å². The number of rotatable bonds is 5. The number of aromatic nitrogens is 1. The number of hydrogen-bond acceptors (Lipinski definition) is 2. The minimum absolute atomic E-state index is 0.782. The van der Waals surface area contributed by atoms with Crippen molar-refractivity contribution in [3.63, 3.8) is 0 Å². The molecule has 1 rings (SSSR count). The van der Waals surface area contributed by atoms with Crippen molar-refractivity contribution in [2.75, 3.05) is 6.54 Å². The predicted molar refractivity (Wildman–Crippen MR) is 66.6 cm³/mol. The van der Waals surface area contributed by atoms with Crippen molar-refractivity contribution in [2.24, 2.45) is 11.7 Å². The maximum atomic E-state index is 5.52. The first-order chi connectivity index (χ1) is 7.35. The Balaban J connectivity index is 0.000000280. The molecule has 15 heavy (non-hydrogen) atoms. The summed E-state index contributed by atoms with van der Waals surface area (Å²) in [5, 5.41) is 0. The molecule has 1 heterocycles. The number of nitrogens with zero attached hydrogens (tertiary/aromatic N) is 1. The summed E-state index contributed by atoms with van der Waals surface area (Å²) in [6, 6.07) is 5.72. The molecule has 0 radical (unpaired) electrons. The van der Waals surface area contributed by atoms with Crippen LogP contribution in [0.1, 0.15) is 39.5 Å². The average molecular weight is 208 g/mol. The van der Waals surface area contributed by atoms with Crippen molar-refractivity contribution >= 4 is 0 Å². The maximum absolute atomic E-state index is 5.52. The van der Waals surface area contributed by atoms with Gasteiger partial charge in [-0.1, -0.05) is 39.2 Å². The average Bonchev–Trinajstić information content (AvgIpc) is 2.34. The van der Waals surface area contributed by atoms with Gasteiger partial charge in [-0.05, 0) is 31.0 Å². The predicted octanol–water partition coefficient (Wildman–Crippen LogP) is 3.24. The summed E-state index contributed by atoms with van der Waals surface area (Å²) in [5.74, 6) is 0.782. The van der Waals surface area contributed by atoms with E-state index in [4.69, 9.17) is 5.73 Å². The van der Waals surface area contributed by atoms with E-state index in [-0.39, 0.29) is 0 Å². The molecule has 1 aromatic heterocycles. The third-order valence-electron chi connectivity index (χ3n) is 2.44. The molecule has 2 heteroatoms. The Hall–Kier alpha value is -0.890. The summed E-state index contributed by atoms with van der Waals surface area (Å²) in [5.41, 5.74) is 5.52. The highest BCUT2D eigenvalue weighted by Gasteiger charge is 2.00. The molecule has 0 bridgehead atoms. The summed E-state index contributed by atoms with van der Waals surface area (Å²) >= 11 is 0. The van der Waals surface area contributed by atoms with Gasteiger partial charge in [0.15, 0.2) is 0 Å². The monoisotopic (exact) mass is 208 g/mol. The summed E-state index contributed by atoms with van der Waals surface area (Å²) in [6.45, 7) is 5.31. The quantitative estimate of drug-likeness (QED) is 0.806. The molecule has 0 aliphatic rings. The van der Waals surface area contributed by atoms with Crippen LogP contribution in [0.2, 0.25) is 0 Å². The van der Waals surface area contributed by atoms with Gasteiger partial charge in [0.2, 0.25) is 0 Å². The van der Waals surface area contributed by atoms with Crippen molar-refractivity contribution in [3.8, 4) is 0 Å². The lowest BCUT2D eigenvalue weighted by atomic mass is 10.00. The van der Waals surface area contributed by atoms with Gasteiger partial charge in [-0.15, -0.1) is 0 Å². The van der Waals surface area contributed by atoms with Crippen LogP contribution in [0, 0.1) is 5.92 Å². The minimum atomic E-state index is 0.782. The Morgan fingerprint density at radius 3 is 2.07 bits per heavy atom. The fourth-order valence-electron chi connectivity index (χ4n) is 1.29. The molecule has 86 valence electrons. The SMILES string of the molecule is CCCCC(CC)CN.c1ccncc1. The van der Waals surface area contributed by atoms with E-state index in [0.717, 1.165) is 12.5 Å². The Kier molecular flexibility index (Phi) is 10.5. The van der Waals surface area contributed by atoms with Gasteiger partial charge in [0, 0.05) is 12.4 Å². The first kappa shape index (κ1) is 14.1. The van der Waals surface area contributed by atoms with E-state index in [2.05, 4.69) is 18.8 Å². The zero-order valence-electron chi connectivity index (χ0n) is 10.0. The second-order valence-electron chi connectivity index (χ2n) is 3.68. The minimum Gasteiger partial charge on any atom is -0.330 e. The second kappa shape index (κ2) is 11.2. The van der Waals surface area contributed by atoms with Crippen LogP contribution in [0.15, 0.2) is 30.6 Å². The van der Waals surface area contributed by atoms with Crippen LogP contribution in [-0.4, -0.2) is 11.5 Å². The van der Waals surface area contributed by atoms with Crippen molar-refractivity contribution in [1.29, 1.82) is 0 Å². The molecule has 0 fully saturated rings.